The van der Waals surface area contributed by atoms with Gasteiger partial charge >= 0.3 is 0 Å². The fourth-order valence-electron chi connectivity index (χ4n) is 3.43. The van der Waals surface area contributed by atoms with Gasteiger partial charge in [-0.25, -0.2) is 0 Å². The van der Waals surface area contributed by atoms with Gasteiger partial charge in [0.1, 0.15) is 0 Å². The Morgan fingerprint density at radius 1 is 1.11 bits per heavy atom. The fraction of sp³-hybridized carbons (Fsp3) is 0.875. The summed E-state index contributed by atoms with van der Waals surface area (Å²) in [5.74, 6) is 0. The van der Waals surface area contributed by atoms with E-state index in [1.54, 1.807) is 0 Å². The third-order valence-electron chi connectivity index (χ3n) is 4.74. The van der Waals surface area contributed by atoms with E-state index in [-0.39, 0.29) is 0 Å². The summed E-state index contributed by atoms with van der Waals surface area (Å²) in [6.45, 7) is 5.56. The molecule has 0 aromatic carbocycles. The molecule has 0 amide bonds. The second-order valence-corrected chi connectivity index (χ2v) is 6.00. The monoisotopic (exact) mass is 251 g/mol. The number of aliphatic hydroxyl groups is 1. The summed E-state index contributed by atoms with van der Waals surface area (Å²) in [5.41, 5.74) is 0.876. The molecule has 104 valence electrons. The van der Waals surface area contributed by atoms with Crippen LogP contribution in [-0.2, 0) is 0 Å². The number of likely N-dealkylation sites (tertiary alicyclic amines) is 1. The number of nitrogens with zero attached hydrogens (tertiary/aromatic N) is 1. The summed E-state index contributed by atoms with van der Waals surface area (Å²) in [5, 5.41) is 11.0. The highest BCUT2D eigenvalue weighted by molar-refractivity contribution is 5.18. The number of hydrogen-bond donors (Lipinski definition) is 1. The molecule has 0 spiro atoms. The van der Waals surface area contributed by atoms with Crippen molar-refractivity contribution in [3.63, 3.8) is 0 Å². The van der Waals surface area contributed by atoms with Gasteiger partial charge in [-0.1, -0.05) is 25.8 Å². The van der Waals surface area contributed by atoms with Gasteiger partial charge in [0.25, 0.3) is 0 Å². The van der Waals surface area contributed by atoms with E-state index in [1.165, 1.54) is 37.7 Å². The standard InChI is InChI=1S/C16H29NO/c1-2-17-13-8-11-16(18,12-14-17)15-9-6-4-3-5-7-10-15/h9,18H,2-8,10-14H2,1H3. The Bertz CT molecular complexity index is 287. The minimum atomic E-state index is -0.485. The minimum Gasteiger partial charge on any atom is -0.385 e. The normalized spacial score (nSPS) is 32.2. The zero-order chi connectivity index (χ0) is 12.8. The van der Waals surface area contributed by atoms with E-state index in [0.29, 0.717) is 0 Å². The fourth-order valence-corrected chi connectivity index (χ4v) is 3.43. The molecule has 0 radical (unpaired) electrons. The Hall–Kier alpha value is -0.340. The summed E-state index contributed by atoms with van der Waals surface area (Å²) in [6.07, 6.45) is 13.0. The summed E-state index contributed by atoms with van der Waals surface area (Å²) < 4.78 is 0. The number of rotatable bonds is 2. The second-order valence-electron chi connectivity index (χ2n) is 6.00. The zero-order valence-electron chi connectivity index (χ0n) is 12.0. The van der Waals surface area contributed by atoms with Crippen LogP contribution in [-0.4, -0.2) is 35.2 Å². The van der Waals surface area contributed by atoms with E-state index in [4.69, 9.17) is 0 Å². The molecule has 0 aromatic rings. The molecular formula is C16H29NO. The van der Waals surface area contributed by atoms with Crippen LogP contribution in [0.25, 0.3) is 0 Å². The first-order chi connectivity index (χ1) is 8.74. The van der Waals surface area contributed by atoms with Gasteiger partial charge in [-0.3, -0.25) is 0 Å². The van der Waals surface area contributed by atoms with Crippen LogP contribution >= 0.6 is 0 Å². The van der Waals surface area contributed by atoms with E-state index in [9.17, 15) is 5.11 Å². The van der Waals surface area contributed by atoms with Crippen LogP contribution in [0.3, 0.4) is 0 Å². The lowest BCUT2D eigenvalue weighted by molar-refractivity contribution is 0.0580. The van der Waals surface area contributed by atoms with Crippen molar-refractivity contribution in [1.29, 1.82) is 0 Å². The van der Waals surface area contributed by atoms with Crippen molar-refractivity contribution in [3.8, 4) is 0 Å². The minimum absolute atomic E-state index is 0.485. The van der Waals surface area contributed by atoms with E-state index < -0.39 is 5.60 Å². The van der Waals surface area contributed by atoms with Crippen molar-refractivity contribution in [2.24, 2.45) is 0 Å². The van der Waals surface area contributed by atoms with Gasteiger partial charge in [0.15, 0.2) is 0 Å². The first kappa shape index (κ1) is 14.1. The molecule has 1 aliphatic carbocycles. The average molecular weight is 251 g/mol. The van der Waals surface area contributed by atoms with Crippen LogP contribution < -0.4 is 0 Å². The quantitative estimate of drug-likeness (QED) is 0.759. The largest absolute Gasteiger partial charge is 0.385 e. The third kappa shape index (κ3) is 3.58. The van der Waals surface area contributed by atoms with E-state index >= 15 is 0 Å². The second kappa shape index (κ2) is 6.72. The molecule has 1 fully saturated rings. The summed E-state index contributed by atoms with van der Waals surface area (Å²) in [6, 6.07) is 0. The zero-order valence-corrected chi connectivity index (χ0v) is 12.0. The van der Waals surface area contributed by atoms with Crippen molar-refractivity contribution in [2.45, 2.75) is 70.3 Å². The lowest BCUT2D eigenvalue weighted by Gasteiger charge is -2.31. The first-order valence-corrected chi connectivity index (χ1v) is 7.89. The summed E-state index contributed by atoms with van der Waals surface area (Å²) >= 11 is 0. The molecule has 2 aliphatic rings. The van der Waals surface area contributed by atoms with E-state index in [2.05, 4.69) is 17.9 Å². The Morgan fingerprint density at radius 2 is 1.94 bits per heavy atom. The van der Waals surface area contributed by atoms with Crippen molar-refractivity contribution in [2.75, 3.05) is 19.6 Å². The molecule has 0 saturated carbocycles. The molecule has 2 rings (SSSR count). The van der Waals surface area contributed by atoms with E-state index in [1.807, 2.05) is 0 Å². The van der Waals surface area contributed by atoms with Gasteiger partial charge in [-0.05, 0) is 63.6 Å². The smallest absolute Gasteiger partial charge is 0.0869 e. The highest BCUT2D eigenvalue weighted by atomic mass is 16.3. The molecule has 1 unspecified atom stereocenters. The van der Waals surface area contributed by atoms with Crippen LogP contribution in [0.2, 0.25) is 0 Å². The van der Waals surface area contributed by atoms with Crippen LogP contribution in [0.15, 0.2) is 11.6 Å². The molecule has 1 atom stereocenters. The van der Waals surface area contributed by atoms with Gasteiger partial charge in [-0.15, -0.1) is 0 Å². The van der Waals surface area contributed by atoms with Gasteiger partial charge < -0.3 is 10.0 Å². The first-order valence-electron chi connectivity index (χ1n) is 7.89. The Kier molecular flexibility index (Phi) is 5.25. The molecule has 18 heavy (non-hydrogen) atoms. The van der Waals surface area contributed by atoms with Crippen molar-refractivity contribution in [3.05, 3.63) is 11.6 Å². The van der Waals surface area contributed by atoms with Gasteiger partial charge in [0, 0.05) is 6.54 Å². The molecule has 1 saturated heterocycles. The van der Waals surface area contributed by atoms with Crippen LogP contribution in [0.4, 0.5) is 0 Å². The highest BCUT2D eigenvalue weighted by Crippen LogP contribution is 2.34. The molecule has 2 nitrogen and oxygen atoms in total. The predicted octanol–water partition coefficient (Wildman–Crippen LogP) is 3.50. The molecule has 1 aliphatic heterocycles. The van der Waals surface area contributed by atoms with Crippen LogP contribution in [0.1, 0.15) is 64.7 Å². The predicted molar refractivity (Wildman–Crippen MR) is 76.7 cm³/mol. The highest BCUT2D eigenvalue weighted by Gasteiger charge is 2.33. The molecule has 1 N–H and O–H groups in total. The maximum atomic E-state index is 11.0. The third-order valence-corrected chi connectivity index (χ3v) is 4.74. The molecular weight excluding hydrogens is 222 g/mol. The Labute approximate surface area is 112 Å². The SMILES string of the molecule is CCN1CCCC(O)(C2=CCCCCCC2)CC1. The number of hydrogen-bond acceptors (Lipinski definition) is 2. The lowest BCUT2D eigenvalue weighted by Crippen LogP contribution is -2.33. The maximum absolute atomic E-state index is 11.0. The Balaban J connectivity index is 2.03. The Morgan fingerprint density at radius 3 is 2.78 bits per heavy atom. The van der Waals surface area contributed by atoms with Crippen molar-refractivity contribution < 1.29 is 5.11 Å². The van der Waals surface area contributed by atoms with Crippen LogP contribution in [0, 0.1) is 0 Å². The topological polar surface area (TPSA) is 23.5 Å². The van der Waals surface area contributed by atoms with Gasteiger partial charge in [-0.2, -0.15) is 0 Å². The van der Waals surface area contributed by atoms with Crippen molar-refractivity contribution >= 4 is 0 Å². The number of allylic oxidation sites excluding steroid dienone is 1. The van der Waals surface area contributed by atoms with Crippen LogP contribution in [0.5, 0.6) is 0 Å². The lowest BCUT2D eigenvalue weighted by atomic mass is 9.82. The average Bonchev–Trinajstić information content (AvgIpc) is 2.51. The maximum Gasteiger partial charge on any atom is 0.0869 e. The van der Waals surface area contributed by atoms with Gasteiger partial charge in [0.05, 0.1) is 5.60 Å². The van der Waals surface area contributed by atoms with Gasteiger partial charge in [0.2, 0.25) is 0 Å². The molecule has 1 heterocycles. The molecule has 0 bridgehead atoms. The van der Waals surface area contributed by atoms with Crippen molar-refractivity contribution in [1.82, 2.24) is 4.90 Å². The summed E-state index contributed by atoms with van der Waals surface area (Å²) in [4.78, 5) is 2.47. The van der Waals surface area contributed by atoms with E-state index in [0.717, 1.165) is 45.3 Å². The molecule has 2 heteroatoms. The molecule has 0 aromatic heterocycles. The summed E-state index contributed by atoms with van der Waals surface area (Å²) in [7, 11) is 0.